The zero-order valence-corrected chi connectivity index (χ0v) is 12.3. The molecule has 0 aliphatic carbocycles. The van der Waals surface area contributed by atoms with Crippen molar-refractivity contribution in [1.82, 2.24) is 10.2 Å². The molecule has 1 rings (SSSR count). The zero-order chi connectivity index (χ0) is 12.9. The van der Waals surface area contributed by atoms with Crippen LogP contribution in [0, 0.1) is 5.92 Å². The van der Waals surface area contributed by atoms with Crippen LogP contribution in [-0.2, 0) is 0 Å². The summed E-state index contributed by atoms with van der Waals surface area (Å²) >= 11 is 2.01. The van der Waals surface area contributed by atoms with Crippen molar-refractivity contribution in [2.45, 2.75) is 25.8 Å². The highest BCUT2D eigenvalue weighted by Gasteiger charge is 2.36. The molecule has 1 saturated heterocycles. The molecule has 0 aromatic carbocycles. The van der Waals surface area contributed by atoms with Gasteiger partial charge in [0.25, 0.3) is 0 Å². The van der Waals surface area contributed by atoms with Crippen molar-refractivity contribution in [3.8, 4) is 0 Å². The molecule has 4 nitrogen and oxygen atoms in total. The molecule has 0 bridgehead atoms. The topological polar surface area (TPSA) is 53.6 Å². The fourth-order valence-corrected chi connectivity index (χ4v) is 3.35. The quantitative estimate of drug-likeness (QED) is 0.570. The van der Waals surface area contributed by atoms with Crippen LogP contribution in [0.1, 0.15) is 20.3 Å². The van der Waals surface area contributed by atoms with Crippen LogP contribution in [-0.4, -0.2) is 55.1 Å². The first-order chi connectivity index (χ1) is 7.96. The monoisotopic (exact) mass is 258 g/mol. The van der Waals surface area contributed by atoms with E-state index in [0.29, 0.717) is 11.9 Å². The predicted octanol–water partition coefficient (Wildman–Crippen LogP) is 0.984. The van der Waals surface area contributed by atoms with E-state index in [2.05, 4.69) is 43.2 Å². The van der Waals surface area contributed by atoms with Gasteiger partial charge in [-0.25, -0.2) is 0 Å². The van der Waals surface area contributed by atoms with Gasteiger partial charge in [0.05, 0.1) is 6.54 Å². The molecule has 1 heterocycles. The average molecular weight is 258 g/mol. The molecule has 100 valence electrons. The Bertz CT molecular complexity index is 257. The van der Waals surface area contributed by atoms with Crippen molar-refractivity contribution in [2.24, 2.45) is 16.6 Å². The van der Waals surface area contributed by atoms with Crippen molar-refractivity contribution >= 4 is 17.7 Å². The molecule has 1 aliphatic rings. The van der Waals surface area contributed by atoms with Gasteiger partial charge in [0.1, 0.15) is 0 Å². The number of nitrogens with zero attached hydrogens (tertiary/aromatic N) is 2. The molecule has 0 spiro atoms. The van der Waals surface area contributed by atoms with E-state index in [1.54, 1.807) is 0 Å². The van der Waals surface area contributed by atoms with Crippen molar-refractivity contribution in [2.75, 3.05) is 38.7 Å². The average Bonchev–Trinajstić information content (AvgIpc) is 2.73. The number of nitrogens with one attached hydrogen (secondary N) is 1. The van der Waals surface area contributed by atoms with E-state index >= 15 is 0 Å². The van der Waals surface area contributed by atoms with Crippen LogP contribution < -0.4 is 11.1 Å². The summed E-state index contributed by atoms with van der Waals surface area (Å²) in [4.78, 5) is 6.80. The molecule has 1 fully saturated rings. The minimum absolute atomic E-state index is 0.203. The summed E-state index contributed by atoms with van der Waals surface area (Å²) in [7, 11) is 4.28. The number of likely N-dealkylation sites (N-methyl/N-ethyl adjacent to an activating group) is 1. The normalized spacial score (nSPS) is 25.9. The molecule has 3 N–H and O–H groups in total. The molecule has 1 unspecified atom stereocenters. The van der Waals surface area contributed by atoms with Crippen LogP contribution >= 0.6 is 11.8 Å². The summed E-state index contributed by atoms with van der Waals surface area (Å²) in [5, 5.41) is 3.16. The molecule has 0 aromatic heterocycles. The minimum Gasteiger partial charge on any atom is -0.370 e. The maximum absolute atomic E-state index is 5.87. The van der Waals surface area contributed by atoms with Gasteiger partial charge in [-0.1, -0.05) is 13.8 Å². The van der Waals surface area contributed by atoms with Gasteiger partial charge < -0.3 is 16.0 Å². The molecular formula is C12H26N4S. The Morgan fingerprint density at radius 2 is 2.24 bits per heavy atom. The fraction of sp³-hybridized carbons (Fsp3) is 0.917. The van der Waals surface area contributed by atoms with E-state index in [9.17, 15) is 0 Å². The SMILES string of the molecule is CC(C)CNC(N)=NCC1(N(C)C)CCSC1. The van der Waals surface area contributed by atoms with Gasteiger partial charge in [-0.05, 0) is 32.2 Å². The second-order valence-electron chi connectivity index (χ2n) is 5.40. The summed E-state index contributed by atoms with van der Waals surface area (Å²) < 4.78 is 0. The van der Waals surface area contributed by atoms with Crippen molar-refractivity contribution in [3.63, 3.8) is 0 Å². The largest absolute Gasteiger partial charge is 0.370 e. The maximum Gasteiger partial charge on any atom is 0.188 e. The van der Waals surface area contributed by atoms with Crippen LogP contribution in [0.4, 0.5) is 0 Å². The molecule has 17 heavy (non-hydrogen) atoms. The molecule has 5 heteroatoms. The first kappa shape index (κ1) is 14.6. The maximum atomic E-state index is 5.87. The molecule has 0 amide bonds. The van der Waals surface area contributed by atoms with Gasteiger partial charge in [0, 0.05) is 17.8 Å². The third kappa shape index (κ3) is 4.39. The highest BCUT2D eigenvalue weighted by molar-refractivity contribution is 7.99. The molecule has 1 aliphatic heterocycles. The number of guanidine groups is 1. The number of hydrogen-bond donors (Lipinski definition) is 2. The van der Waals surface area contributed by atoms with E-state index in [4.69, 9.17) is 5.73 Å². The Hall–Kier alpha value is -0.420. The Morgan fingerprint density at radius 1 is 1.53 bits per heavy atom. The lowest BCUT2D eigenvalue weighted by atomic mass is 9.98. The number of nitrogens with two attached hydrogens (primary N) is 1. The minimum atomic E-state index is 0.203. The zero-order valence-electron chi connectivity index (χ0n) is 11.5. The summed E-state index contributed by atoms with van der Waals surface area (Å²) in [5.74, 6) is 3.55. The van der Waals surface area contributed by atoms with E-state index in [0.717, 1.165) is 18.8 Å². The van der Waals surface area contributed by atoms with Crippen LogP contribution in [0.25, 0.3) is 0 Å². The molecule has 0 radical (unpaired) electrons. The molecule has 0 aromatic rings. The second kappa shape index (κ2) is 6.50. The number of hydrogen-bond acceptors (Lipinski definition) is 3. The number of aliphatic imine (C=N–C) groups is 1. The lowest BCUT2D eigenvalue weighted by molar-refractivity contribution is 0.190. The summed E-state index contributed by atoms with van der Waals surface area (Å²) in [5.41, 5.74) is 6.08. The lowest BCUT2D eigenvalue weighted by Gasteiger charge is -2.34. The standard InChI is InChI=1S/C12H26N4S/c1-10(2)7-14-11(13)15-8-12(16(3)4)5-6-17-9-12/h10H,5-9H2,1-4H3,(H3,13,14,15). The first-order valence-electron chi connectivity index (χ1n) is 6.25. The van der Waals surface area contributed by atoms with Crippen molar-refractivity contribution in [1.29, 1.82) is 0 Å². The third-order valence-electron chi connectivity index (χ3n) is 3.27. The highest BCUT2D eigenvalue weighted by Crippen LogP contribution is 2.32. The van der Waals surface area contributed by atoms with Gasteiger partial charge in [-0.15, -0.1) is 0 Å². The predicted molar refractivity (Wildman–Crippen MR) is 77.7 cm³/mol. The van der Waals surface area contributed by atoms with Crippen molar-refractivity contribution < 1.29 is 0 Å². The lowest BCUT2D eigenvalue weighted by Crippen LogP contribution is -2.48. The summed E-state index contributed by atoms with van der Waals surface area (Å²) in [6, 6.07) is 0. The van der Waals surface area contributed by atoms with Crippen LogP contribution in [0.15, 0.2) is 4.99 Å². The van der Waals surface area contributed by atoms with E-state index < -0.39 is 0 Å². The van der Waals surface area contributed by atoms with Gasteiger partial charge in [0.2, 0.25) is 0 Å². The van der Waals surface area contributed by atoms with Gasteiger partial charge in [-0.3, -0.25) is 4.99 Å². The van der Waals surface area contributed by atoms with Crippen LogP contribution in [0.5, 0.6) is 0 Å². The Labute approximate surface area is 109 Å². The van der Waals surface area contributed by atoms with Crippen molar-refractivity contribution in [3.05, 3.63) is 0 Å². The second-order valence-corrected chi connectivity index (χ2v) is 6.50. The molecular weight excluding hydrogens is 232 g/mol. The highest BCUT2D eigenvalue weighted by atomic mass is 32.2. The van der Waals surface area contributed by atoms with E-state index in [-0.39, 0.29) is 5.54 Å². The van der Waals surface area contributed by atoms with E-state index in [1.807, 2.05) is 11.8 Å². The number of thioether (sulfide) groups is 1. The summed E-state index contributed by atoms with van der Waals surface area (Å²) in [6.07, 6.45) is 1.20. The van der Waals surface area contributed by atoms with Crippen LogP contribution in [0.3, 0.4) is 0 Å². The van der Waals surface area contributed by atoms with Gasteiger partial charge in [0.15, 0.2) is 5.96 Å². The number of rotatable bonds is 5. The molecule has 1 atom stereocenters. The smallest absolute Gasteiger partial charge is 0.188 e. The van der Waals surface area contributed by atoms with E-state index in [1.165, 1.54) is 12.2 Å². The van der Waals surface area contributed by atoms with Crippen LogP contribution in [0.2, 0.25) is 0 Å². The van der Waals surface area contributed by atoms with Gasteiger partial charge in [-0.2, -0.15) is 11.8 Å². The first-order valence-corrected chi connectivity index (χ1v) is 7.41. The summed E-state index contributed by atoms with van der Waals surface area (Å²) in [6.45, 7) is 6.01. The third-order valence-corrected chi connectivity index (χ3v) is 4.50. The van der Waals surface area contributed by atoms with Gasteiger partial charge >= 0.3 is 0 Å². The molecule has 0 saturated carbocycles. The fourth-order valence-electron chi connectivity index (χ4n) is 1.81. The Balaban J connectivity index is 2.48. The Morgan fingerprint density at radius 3 is 2.71 bits per heavy atom. The Kier molecular flexibility index (Phi) is 5.59.